The molecule has 6 heteroatoms. The molecule has 0 radical (unpaired) electrons. The molecule has 1 aliphatic carbocycles. The zero-order valence-electron chi connectivity index (χ0n) is 10.6. The maximum Gasteiger partial charge on any atom is 0.241 e. The number of thiophene rings is 1. The van der Waals surface area contributed by atoms with Gasteiger partial charge in [-0.2, -0.15) is 0 Å². The van der Waals surface area contributed by atoms with Crippen molar-refractivity contribution in [2.45, 2.75) is 44.0 Å². The Labute approximate surface area is 113 Å². The largest absolute Gasteiger partial charge is 0.326 e. The second kappa shape index (κ2) is 5.28. The van der Waals surface area contributed by atoms with Crippen LogP contribution in [-0.4, -0.2) is 15.0 Å². The zero-order chi connectivity index (χ0) is 13.2. The van der Waals surface area contributed by atoms with Gasteiger partial charge in [0, 0.05) is 18.0 Å². The Bertz CT molecular complexity index is 502. The molecule has 0 aliphatic heterocycles. The van der Waals surface area contributed by atoms with Crippen molar-refractivity contribution in [1.29, 1.82) is 0 Å². The van der Waals surface area contributed by atoms with Crippen LogP contribution in [0.4, 0.5) is 0 Å². The van der Waals surface area contributed by atoms with E-state index in [9.17, 15) is 8.42 Å². The molecule has 0 spiro atoms. The summed E-state index contributed by atoms with van der Waals surface area (Å²) in [4.78, 5) is 1.07. The Morgan fingerprint density at radius 3 is 2.72 bits per heavy atom. The minimum atomic E-state index is -3.40. The summed E-state index contributed by atoms with van der Waals surface area (Å²) in [6.45, 7) is 2.94. The lowest BCUT2D eigenvalue weighted by atomic mass is 9.89. The topological polar surface area (TPSA) is 72.2 Å². The van der Waals surface area contributed by atoms with Crippen molar-refractivity contribution in [3.63, 3.8) is 0 Å². The number of hydrogen-bond acceptors (Lipinski definition) is 4. The van der Waals surface area contributed by atoms with Gasteiger partial charge >= 0.3 is 0 Å². The second-order valence-electron chi connectivity index (χ2n) is 5.25. The van der Waals surface area contributed by atoms with E-state index >= 15 is 0 Å². The van der Waals surface area contributed by atoms with Crippen LogP contribution in [0, 0.1) is 5.41 Å². The van der Waals surface area contributed by atoms with Gasteiger partial charge in [0.05, 0.1) is 4.90 Å². The molecule has 0 bridgehead atoms. The van der Waals surface area contributed by atoms with E-state index in [0.717, 1.165) is 17.7 Å². The first-order valence-electron chi connectivity index (χ1n) is 6.23. The van der Waals surface area contributed by atoms with E-state index < -0.39 is 10.0 Å². The molecule has 3 N–H and O–H groups in total. The van der Waals surface area contributed by atoms with E-state index in [0.29, 0.717) is 11.4 Å². The van der Waals surface area contributed by atoms with Gasteiger partial charge in [0.15, 0.2) is 0 Å². The lowest BCUT2D eigenvalue weighted by Gasteiger charge is -2.23. The standard InChI is InChI=1S/C12H20N2O2S2/c1-12(5-2-3-6-12)9-14-18(15,16)11-4-7-17-10(11)8-13/h4,7,14H,2-3,5-6,8-9,13H2,1H3. The van der Waals surface area contributed by atoms with Crippen LogP contribution in [0.2, 0.25) is 0 Å². The molecule has 1 aromatic heterocycles. The highest BCUT2D eigenvalue weighted by molar-refractivity contribution is 7.89. The average Bonchev–Trinajstić information content (AvgIpc) is 2.96. The van der Waals surface area contributed by atoms with Crippen LogP contribution in [0.5, 0.6) is 0 Å². The van der Waals surface area contributed by atoms with E-state index in [-0.39, 0.29) is 12.0 Å². The third-order valence-electron chi connectivity index (χ3n) is 3.68. The Morgan fingerprint density at radius 1 is 1.44 bits per heavy atom. The Morgan fingerprint density at radius 2 is 2.11 bits per heavy atom. The molecule has 4 nitrogen and oxygen atoms in total. The normalized spacial score (nSPS) is 19.2. The summed E-state index contributed by atoms with van der Waals surface area (Å²) in [6, 6.07) is 1.63. The van der Waals surface area contributed by atoms with Gasteiger partial charge < -0.3 is 5.73 Å². The van der Waals surface area contributed by atoms with Crippen LogP contribution >= 0.6 is 11.3 Å². The molecule has 0 amide bonds. The van der Waals surface area contributed by atoms with Crippen molar-refractivity contribution in [3.05, 3.63) is 16.3 Å². The van der Waals surface area contributed by atoms with Crippen LogP contribution in [0.1, 0.15) is 37.5 Å². The molecule has 1 saturated carbocycles. The smallest absolute Gasteiger partial charge is 0.241 e. The molecule has 0 atom stereocenters. The lowest BCUT2D eigenvalue weighted by Crippen LogP contribution is -2.34. The first kappa shape index (κ1) is 14.0. The summed E-state index contributed by atoms with van der Waals surface area (Å²) < 4.78 is 27.2. The molecule has 1 aromatic rings. The Balaban J connectivity index is 2.08. The second-order valence-corrected chi connectivity index (χ2v) is 7.99. The van der Waals surface area contributed by atoms with Crippen molar-refractivity contribution in [1.82, 2.24) is 4.72 Å². The van der Waals surface area contributed by atoms with Gasteiger partial charge in [-0.15, -0.1) is 11.3 Å². The van der Waals surface area contributed by atoms with E-state index in [4.69, 9.17) is 5.73 Å². The van der Waals surface area contributed by atoms with Crippen LogP contribution in [-0.2, 0) is 16.6 Å². The predicted octanol–water partition coefficient (Wildman–Crippen LogP) is 2.07. The average molecular weight is 288 g/mol. The molecule has 18 heavy (non-hydrogen) atoms. The summed E-state index contributed by atoms with van der Waals surface area (Å²) in [7, 11) is -3.40. The lowest BCUT2D eigenvalue weighted by molar-refractivity contribution is 0.336. The van der Waals surface area contributed by atoms with Gasteiger partial charge in [-0.05, 0) is 29.7 Å². The van der Waals surface area contributed by atoms with Crippen molar-refractivity contribution in [2.75, 3.05) is 6.54 Å². The van der Waals surface area contributed by atoms with Gasteiger partial charge in [0.2, 0.25) is 10.0 Å². The third kappa shape index (κ3) is 2.93. The van der Waals surface area contributed by atoms with Gasteiger partial charge in [-0.1, -0.05) is 19.8 Å². The molecule has 2 rings (SSSR count). The quantitative estimate of drug-likeness (QED) is 0.871. The summed E-state index contributed by atoms with van der Waals surface area (Å²) in [6.07, 6.45) is 4.60. The van der Waals surface area contributed by atoms with Crippen molar-refractivity contribution in [3.8, 4) is 0 Å². The third-order valence-corrected chi connectivity index (χ3v) is 6.24. The number of rotatable bonds is 5. The van der Waals surface area contributed by atoms with Crippen LogP contribution < -0.4 is 10.5 Å². The predicted molar refractivity (Wildman–Crippen MR) is 74.0 cm³/mol. The number of nitrogens with one attached hydrogen (secondary N) is 1. The molecule has 1 fully saturated rings. The molecular formula is C12H20N2O2S2. The SMILES string of the molecule is CC1(CNS(=O)(=O)c2ccsc2CN)CCCC1. The van der Waals surface area contributed by atoms with Gasteiger partial charge in [-0.25, -0.2) is 13.1 Å². The van der Waals surface area contributed by atoms with Crippen LogP contribution in [0.3, 0.4) is 0 Å². The number of hydrogen-bond donors (Lipinski definition) is 2. The Kier molecular flexibility index (Phi) is 4.11. The zero-order valence-corrected chi connectivity index (χ0v) is 12.2. The highest BCUT2D eigenvalue weighted by atomic mass is 32.2. The monoisotopic (exact) mass is 288 g/mol. The first-order chi connectivity index (χ1) is 8.47. The van der Waals surface area contributed by atoms with E-state index in [2.05, 4.69) is 11.6 Å². The molecule has 1 aliphatic rings. The maximum atomic E-state index is 12.2. The summed E-state index contributed by atoms with van der Waals surface area (Å²) >= 11 is 1.39. The molecular weight excluding hydrogens is 268 g/mol. The maximum absolute atomic E-state index is 12.2. The molecule has 102 valence electrons. The fraction of sp³-hybridized carbons (Fsp3) is 0.667. The number of sulfonamides is 1. The summed E-state index contributed by atoms with van der Waals surface area (Å²) in [5.41, 5.74) is 5.67. The molecule has 1 heterocycles. The van der Waals surface area contributed by atoms with Crippen molar-refractivity contribution >= 4 is 21.4 Å². The van der Waals surface area contributed by atoms with Gasteiger partial charge in [0.1, 0.15) is 0 Å². The van der Waals surface area contributed by atoms with E-state index in [1.54, 1.807) is 11.4 Å². The van der Waals surface area contributed by atoms with Crippen molar-refractivity contribution < 1.29 is 8.42 Å². The number of nitrogens with two attached hydrogens (primary N) is 1. The summed E-state index contributed by atoms with van der Waals surface area (Å²) in [5, 5.41) is 1.77. The highest BCUT2D eigenvalue weighted by Gasteiger charge is 2.30. The fourth-order valence-electron chi connectivity index (χ4n) is 2.47. The van der Waals surface area contributed by atoms with Gasteiger partial charge in [-0.3, -0.25) is 0 Å². The molecule has 0 saturated heterocycles. The Hall–Kier alpha value is -0.430. The van der Waals surface area contributed by atoms with Gasteiger partial charge in [0.25, 0.3) is 0 Å². The molecule has 0 unspecified atom stereocenters. The van der Waals surface area contributed by atoms with E-state index in [1.165, 1.54) is 24.2 Å². The van der Waals surface area contributed by atoms with Crippen LogP contribution in [0.15, 0.2) is 16.3 Å². The van der Waals surface area contributed by atoms with Crippen molar-refractivity contribution in [2.24, 2.45) is 11.1 Å². The van der Waals surface area contributed by atoms with E-state index in [1.807, 2.05) is 0 Å². The fourth-order valence-corrected chi connectivity index (χ4v) is 5.00. The highest BCUT2D eigenvalue weighted by Crippen LogP contribution is 2.37. The van der Waals surface area contributed by atoms with Crippen LogP contribution in [0.25, 0.3) is 0 Å². The minimum Gasteiger partial charge on any atom is -0.326 e. The minimum absolute atomic E-state index is 0.117. The first-order valence-corrected chi connectivity index (χ1v) is 8.59. The summed E-state index contributed by atoms with van der Waals surface area (Å²) in [5.74, 6) is 0. The molecule has 0 aromatic carbocycles.